The van der Waals surface area contributed by atoms with E-state index in [9.17, 15) is 9.18 Å². The fourth-order valence-corrected chi connectivity index (χ4v) is 4.86. The van der Waals surface area contributed by atoms with Gasteiger partial charge in [-0.1, -0.05) is 11.3 Å². The summed E-state index contributed by atoms with van der Waals surface area (Å²) in [5, 5.41) is 7.37. The Morgan fingerprint density at radius 2 is 2.10 bits per heavy atom. The van der Waals surface area contributed by atoms with Gasteiger partial charge in [0.05, 0.1) is 22.9 Å². The fraction of sp³-hybridized carbons (Fsp3) is 0.333. The minimum atomic E-state index is -0.333. The van der Waals surface area contributed by atoms with Gasteiger partial charge in [-0.25, -0.2) is 9.37 Å². The third kappa shape index (κ3) is 3.65. The van der Waals surface area contributed by atoms with Gasteiger partial charge >= 0.3 is 0 Å². The van der Waals surface area contributed by atoms with Crippen molar-refractivity contribution in [1.82, 2.24) is 15.6 Å². The molecule has 1 saturated heterocycles. The van der Waals surface area contributed by atoms with Gasteiger partial charge in [0.2, 0.25) is 0 Å². The second kappa shape index (κ2) is 7.61. The number of amides is 1. The molecule has 1 aromatic heterocycles. The van der Waals surface area contributed by atoms with Gasteiger partial charge in [0.15, 0.2) is 5.13 Å². The molecule has 2 aliphatic heterocycles. The predicted octanol–water partition coefficient (Wildman–Crippen LogP) is 3.10. The Bertz CT molecular complexity index is 1060. The lowest BCUT2D eigenvalue weighted by Crippen LogP contribution is -2.43. The normalized spacial score (nSPS) is 18.9. The van der Waals surface area contributed by atoms with Gasteiger partial charge < -0.3 is 20.3 Å². The zero-order valence-corrected chi connectivity index (χ0v) is 16.6. The first-order valence-electron chi connectivity index (χ1n) is 9.77. The zero-order chi connectivity index (χ0) is 19.8. The highest BCUT2D eigenvalue weighted by atomic mass is 32.1. The maximum atomic E-state index is 13.7. The Kier molecular flexibility index (Phi) is 4.81. The summed E-state index contributed by atoms with van der Waals surface area (Å²) < 4.78 is 20.2. The van der Waals surface area contributed by atoms with Gasteiger partial charge in [-0.2, -0.15) is 0 Å². The molecule has 3 heterocycles. The highest BCUT2D eigenvalue weighted by molar-refractivity contribution is 7.22. The molecule has 1 unspecified atom stereocenters. The van der Waals surface area contributed by atoms with Crippen LogP contribution >= 0.6 is 11.3 Å². The van der Waals surface area contributed by atoms with Crippen LogP contribution in [0.1, 0.15) is 28.4 Å². The second-order valence-corrected chi connectivity index (χ2v) is 8.27. The molecule has 6 nitrogen and oxygen atoms in total. The van der Waals surface area contributed by atoms with E-state index in [1.165, 1.54) is 12.1 Å². The molecular weight excluding hydrogens is 391 g/mol. The first-order chi connectivity index (χ1) is 14.2. The number of carbonyl (C=O) groups excluding carboxylic acids is 1. The number of halogens is 1. The van der Waals surface area contributed by atoms with Crippen LogP contribution in [0.2, 0.25) is 0 Å². The molecule has 0 radical (unpaired) electrons. The molecule has 5 rings (SSSR count). The van der Waals surface area contributed by atoms with Gasteiger partial charge in [0.25, 0.3) is 5.91 Å². The summed E-state index contributed by atoms with van der Waals surface area (Å²) in [4.78, 5) is 19.9. The monoisotopic (exact) mass is 412 g/mol. The largest absolute Gasteiger partial charge is 0.493 e. The Labute approximate surface area is 171 Å². The zero-order valence-electron chi connectivity index (χ0n) is 15.8. The van der Waals surface area contributed by atoms with Gasteiger partial charge in [-0.05, 0) is 36.4 Å². The molecule has 1 amide bonds. The first-order valence-corrected chi connectivity index (χ1v) is 10.6. The van der Waals surface area contributed by atoms with Crippen molar-refractivity contribution in [3.8, 4) is 5.75 Å². The van der Waals surface area contributed by atoms with Crippen LogP contribution < -0.4 is 20.3 Å². The van der Waals surface area contributed by atoms with Crippen molar-refractivity contribution >= 4 is 32.6 Å². The van der Waals surface area contributed by atoms with Crippen LogP contribution in [0.3, 0.4) is 0 Å². The van der Waals surface area contributed by atoms with Crippen LogP contribution in [-0.2, 0) is 0 Å². The molecule has 0 aliphatic carbocycles. The third-order valence-electron chi connectivity index (χ3n) is 5.34. The number of hydrogen-bond acceptors (Lipinski definition) is 6. The molecule has 3 aromatic rings. The maximum absolute atomic E-state index is 13.7. The molecule has 2 aliphatic rings. The Morgan fingerprint density at radius 1 is 1.24 bits per heavy atom. The molecular formula is C21H21FN4O2S. The Morgan fingerprint density at radius 3 is 2.97 bits per heavy atom. The van der Waals surface area contributed by atoms with E-state index in [0.29, 0.717) is 29.9 Å². The molecule has 2 aromatic carbocycles. The number of ether oxygens (including phenoxy) is 1. The summed E-state index contributed by atoms with van der Waals surface area (Å²) in [7, 11) is 0. The summed E-state index contributed by atoms with van der Waals surface area (Å²) in [6.45, 7) is 4.28. The quantitative estimate of drug-likeness (QED) is 0.692. The fourth-order valence-electron chi connectivity index (χ4n) is 3.80. The number of anilines is 1. The van der Waals surface area contributed by atoms with E-state index in [1.807, 2.05) is 12.1 Å². The van der Waals surface area contributed by atoms with Crippen LogP contribution in [0.5, 0.6) is 5.75 Å². The lowest BCUT2D eigenvalue weighted by Gasteiger charge is -2.26. The van der Waals surface area contributed by atoms with Crippen LogP contribution in [0.25, 0.3) is 10.2 Å². The van der Waals surface area contributed by atoms with Gasteiger partial charge in [0.1, 0.15) is 11.6 Å². The summed E-state index contributed by atoms with van der Waals surface area (Å²) in [5.74, 6) is 0.118. The van der Waals surface area contributed by atoms with Crippen molar-refractivity contribution in [3.05, 3.63) is 53.3 Å². The van der Waals surface area contributed by atoms with Crippen LogP contribution in [0, 0.1) is 5.82 Å². The van der Waals surface area contributed by atoms with Crippen molar-refractivity contribution in [3.63, 3.8) is 0 Å². The average molecular weight is 412 g/mol. The lowest BCUT2D eigenvalue weighted by molar-refractivity contribution is 0.0924. The first kappa shape index (κ1) is 18.3. The number of aromatic nitrogens is 1. The van der Waals surface area contributed by atoms with E-state index in [0.717, 1.165) is 41.5 Å². The van der Waals surface area contributed by atoms with Crippen molar-refractivity contribution in [2.24, 2.45) is 0 Å². The van der Waals surface area contributed by atoms with Crippen LogP contribution in [-0.4, -0.2) is 43.7 Å². The average Bonchev–Trinajstić information content (AvgIpc) is 3.18. The highest BCUT2D eigenvalue weighted by Crippen LogP contribution is 2.33. The SMILES string of the molecule is O=C(NC1CCOc2ccc(F)cc21)c1ccc2nc(N3CCNCC3)sc2c1. The van der Waals surface area contributed by atoms with Gasteiger partial charge in [0, 0.05) is 43.7 Å². The summed E-state index contributed by atoms with van der Waals surface area (Å²) >= 11 is 1.61. The predicted molar refractivity (Wildman–Crippen MR) is 111 cm³/mol. The number of nitrogens with one attached hydrogen (secondary N) is 2. The van der Waals surface area contributed by atoms with Crippen molar-refractivity contribution in [2.75, 3.05) is 37.7 Å². The molecule has 0 bridgehead atoms. The van der Waals surface area contributed by atoms with Gasteiger partial charge in [-0.15, -0.1) is 0 Å². The van der Waals surface area contributed by atoms with E-state index in [2.05, 4.69) is 15.5 Å². The number of rotatable bonds is 3. The number of benzene rings is 2. The van der Waals surface area contributed by atoms with Gasteiger partial charge in [-0.3, -0.25) is 4.79 Å². The molecule has 0 spiro atoms. The maximum Gasteiger partial charge on any atom is 0.251 e. The highest BCUT2D eigenvalue weighted by Gasteiger charge is 2.24. The summed E-state index contributed by atoms with van der Waals surface area (Å²) in [6, 6.07) is 9.73. The molecule has 150 valence electrons. The number of carbonyl (C=O) groups is 1. The molecule has 1 fully saturated rings. The van der Waals surface area contributed by atoms with E-state index < -0.39 is 0 Å². The van der Waals surface area contributed by atoms with E-state index >= 15 is 0 Å². The molecule has 2 N–H and O–H groups in total. The van der Waals surface area contributed by atoms with Crippen LogP contribution in [0.15, 0.2) is 36.4 Å². The summed E-state index contributed by atoms with van der Waals surface area (Å²) in [6.07, 6.45) is 0.609. The lowest BCUT2D eigenvalue weighted by atomic mass is 10.00. The minimum absolute atomic E-state index is 0.175. The molecule has 29 heavy (non-hydrogen) atoms. The third-order valence-corrected chi connectivity index (χ3v) is 6.42. The van der Waals surface area contributed by atoms with E-state index in [4.69, 9.17) is 9.72 Å². The van der Waals surface area contributed by atoms with E-state index in [-0.39, 0.29) is 17.8 Å². The Hall–Kier alpha value is -2.71. The van der Waals surface area contributed by atoms with Crippen molar-refractivity contribution < 1.29 is 13.9 Å². The molecule has 0 saturated carbocycles. The molecule has 1 atom stereocenters. The minimum Gasteiger partial charge on any atom is -0.493 e. The second-order valence-electron chi connectivity index (χ2n) is 7.26. The van der Waals surface area contributed by atoms with Crippen molar-refractivity contribution in [2.45, 2.75) is 12.5 Å². The molecule has 8 heteroatoms. The Balaban J connectivity index is 1.37. The number of piperazine rings is 1. The van der Waals surface area contributed by atoms with Crippen molar-refractivity contribution in [1.29, 1.82) is 0 Å². The topological polar surface area (TPSA) is 66.5 Å². The smallest absolute Gasteiger partial charge is 0.251 e. The van der Waals surface area contributed by atoms with E-state index in [1.54, 1.807) is 23.5 Å². The number of hydrogen-bond donors (Lipinski definition) is 2. The standard InChI is InChI=1S/C21H21FN4O2S/c22-14-2-4-18-15(12-14)16(5-10-28-18)24-20(27)13-1-3-17-19(11-13)29-21(25-17)26-8-6-23-7-9-26/h1-4,11-12,16,23H,5-10H2,(H,24,27). The number of nitrogens with zero attached hydrogens (tertiary/aromatic N) is 2. The number of thiazole rings is 1. The summed E-state index contributed by atoms with van der Waals surface area (Å²) in [5.41, 5.74) is 2.17. The number of fused-ring (bicyclic) bond motifs is 2. The van der Waals surface area contributed by atoms with Crippen LogP contribution in [0.4, 0.5) is 9.52 Å².